The average Bonchev–Trinajstić information content (AvgIpc) is 3.30. The molecule has 0 bridgehead atoms. The first-order valence-corrected chi connectivity index (χ1v) is 10.1. The van der Waals surface area contributed by atoms with Crippen molar-refractivity contribution in [3.63, 3.8) is 0 Å². The fraction of sp³-hybridized carbons (Fsp3) is 0.333. The van der Waals surface area contributed by atoms with E-state index in [-0.39, 0.29) is 23.8 Å². The van der Waals surface area contributed by atoms with Gasteiger partial charge in [-0.2, -0.15) is 0 Å². The molecule has 3 atom stereocenters. The van der Waals surface area contributed by atoms with Crippen LogP contribution in [0.4, 0.5) is 5.69 Å². The Morgan fingerprint density at radius 3 is 2.15 bits per heavy atom. The highest BCUT2D eigenvalue weighted by Crippen LogP contribution is 2.48. The first-order valence-electron chi connectivity index (χ1n) is 9.29. The summed E-state index contributed by atoms with van der Waals surface area (Å²) in [5.74, 6) is -0.545. The van der Waals surface area contributed by atoms with Crippen LogP contribution in [0, 0.1) is 12.8 Å². The van der Waals surface area contributed by atoms with E-state index in [1.54, 1.807) is 0 Å². The lowest BCUT2D eigenvalue weighted by Gasteiger charge is -2.29. The maximum atomic E-state index is 13.4. The number of nitrogens with zero attached hydrogens (tertiary/aromatic N) is 3. The van der Waals surface area contributed by atoms with Crippen LogP contribution in [0.3, 0.4) is 0 Å². The molecule has 5 rings (SSSR count). The number of anilines is 1. The van der Waals surface area contributed by atoms with Crippen LogP contribution >= 0.6 is 15.9 Å². The summed E-state index contributed by atoms with van der Waals surface area (Å²) < 4.78 is 1.01. The second-order valence-electron chi connectivity index (χ2n) is 7.49. The standard InChI is InChI=1S/C21H20BrN3O2/c1-13-3-9-16(10-4-13)25-20(26)17-18(14-5-7-15(22)8-6-14)23-11-2-12-24(23)19(17)21(25)27/h3-10,17-19H,2,11-12H2,1H3/t17-,18-,19+/m1/s1. The summed E-state index contributed by atoms with van der Waals surface area (Å²) in [6, 6.07) is 15.2. The number of hydrogen-bond acceptors (Lipinski definition) is 4. The van der Waals surface area contributed by atoms with E-state index in [2.05, 4.69) is 38.1 Å². The average molecular weight is 426 g/mol. The first kappa shape index (κ1) is 17.1. The van der Waals surface area contributed by atoms with Crippen molar-refractivity contribution < 1.29 is 9.59 Å². The minimum absolute atomic E-state index is 0.0856. The van der Waals surface area contributed by atoms with E-state index in [0.717, 1.165) is 35.1 Å². The summed E-state index contributed by atoms with van der Waals surface area (Å²) in [6.45, 7) is 3.71. The third kappa shape index (κ3) is 2.51. The van der Waals surface area contributed by atoms with Crippen LogP contribution in [-0.2, 0) is 9.59 Å². The molecule has 3 saturated heterocycles. The summed E-state index contributed by atoms with van der Waals surface area (Å²) in [5.41, 5.74) is 2.87. The molecule has 3 aliphatic rings. The number of fused-ring (bicyclic) bond motifs is 3. The molecule has 3 heterocycles. The number of hydrogen-bond donors (Lipinski definition) is 0. The number of carbonyl (C=O) groups excluding carboxylic acids is 2. The highest BCUT2D eigenvalue weighted by molar-refractivity contribution is 9.10. The first-order chi connectivity index (χ1) is 13.1. The monoisotopic (exact) mass is 425 g/mol. The Hall–Kier alpha value is -2.02. The second kappa shape index (κ2) is 6.26. The molecule has 6 heteroatoms. The van der Waals surface area contributed by atoms with Gasteiger partial charge in [-0.15, -0.1) is 0 Å². The molecule has 3 aliphatic heterocycles. The van der Waals surface area contributed by atoms with Crippen molar-refractivity contribution >= 4 is 33.4 Å². The zero-order chi connectivity index (χ0) is 18.7. The van der Waals surface area contributed by atoms with Crippen molar-refractivity contribution in [2.24, 2.45) is 5.92 Å². The van der Waals surface area contributed by atoms with Crippen LogP contribution in [-0.4, -0.2) is 41.0 Å². The molecule has 0 unspecified atom stereocenters. The van der Waals surface area contributed by atoms with Gasteiger partial charge in [-0.1, -0.05) is 45.8 Å². The molecular formula is C21H20BrN3O2. The maximum absolute atomic E-state index is 13.4. The Labute approximate surface area is 166 Å². The van der Waals surface area contributed by atoms with E-state index in [0.29, 0.717) is 5.69 Å². The fourth-order valence-corrected chi connectivity index (χ4v) is 4.99. The van der Waals surface area contributed by atoms with Crippen molar-refractivity contribution in [2.75, 3.05) is 18.0 Å². The molecule has 138 valence electrons. The highest BCUT2D eigenvalue weighted by atomic mass is 79.9. The zero-order valence-electron chi connectivity index (χ0n) is 15.0. The number of aryl methyl sites for hydroxylation is 1. The minimum atomic E-state index is -0.394. The lowest BCUT2D eigenvalue weighted by molar-refractivity contribution is -0.126. The van der Waals surface area contributed by atoms with Crippen molar-refractivity contribution in [1.29, 1.82) is 0 Å². The number of benzene rings is 2. The molecule has 2 aromatic carbocycles. The minimum Gasteiger partial charge on any atom is -0.274 e. The molecule has 0 aliphatic carbocycles. The highest BCUT2D eigenvalue weighted by Gasteiger charge is 2.62. The van der Waals surface area contributed by atoms with Crippen molar-refractivity contribution in [3.05, 3.63) is 64.1 Å². The topological polar surface area (TPSA) is 43.9 Å². The van der Waals surface area contributed by atoms with Gasteiger partial charge in [0.1, 0.15) is 6.04 Å². The van der Waals surface area contributed by atoms with Gasteiger partial charge in [0, 0.05) is 17.6 Å². The molecule has 2 amide bonds. The van der Waals surface area contributed by atoms with Crippen molar-refractivity contribution in [1.82, 2.24) is 10.0 Å². The molecule has 3 fully saturated rings. The molecule has 2 aromatic rings. The lowest BCUT2D eigenvalue weighted by Crippen LogP contribution is -2.44. The third-order valence-corrected chi connectivity index (χ3v) is 6.44. The fourth-order valence-electron chi connectivity index (χ4n) is 4.72. The van der Waals surface area contributed by atoms with Crippen LogP contribution in [0.5, 0.6) is 0 Å². The number of imide groups is 1. The summed E-state index contributed by atoms with van der Waals surface area (Å²) in [7, 11) is 0. The molecule has 27 heavy (non-hydrogen) atoms. The molecule has 5 nitrogen and oxygen atoms in total. The van der Waals surface area contributed by atoms with E-state index in [1.807, 2.05) is 43.3 Å². The zero-order valence-corrected chi connectivity index (χ0v) is 16.6. The lowest BCUT2D eigenvalue weighted by atomic mass is 9.90. The van der Waals surface area contributed by atoms with Crippen LogP contribution in [0.15, 0.2) is 53.0 Å². The van der Waals surface area contributed by atoms with E-state index >= 15 is 0 Å². The number of halogens is 1. The molecule has 0 spiro atoms. The Kier molecular flexibility index (Phi) is 3.96. The van der Waals surface area contributed by atoms with Crippen LogP contribution in [0.2, 0.25) is 0 Å². The molecule has 0 saturated carbocycles. The SMILES string of the molecule is Cc1ccc(N2C(=O)[C@H]3[C@@H](C2=O)N2CCCN2[C@@H]3c2ccc(Br)cc2)cc1. The summed E-state index contributed by atoms with van der Waals surface area (Å²) in [5, 5.41) is 4.37. The molecule has 0 N–H and O–H groups in total. The van der Waals surface area contributed by atoms with Gasteiger partial charge < -0.3 is 0 Å². The number of carbonyl (C=O) groups is 2. The van der Waals surface area contributed by atoms with Gasteiger partial charge in [-0.25, -0.2) is 14.9 Å². The van der Waals surface area contributed by atoms with Gasteiger partial charge >= 0.3 is 0 Å². The van der Waals surface area contributed by atoms with Crippen molar-refractivity contribution in [3.8, 4) is 0 Å². The van der Waals surface area contributed by atoms with E-state index in [4.69, 9.17) is 0 Å². The van der Waals surface area contributed by atoms with E-state index < -0.39 is 6.04 Å². The Balaban J connectivity index is 1.57. The van der Waals surface area contributed by atoms with Gasteiger partial charge in [-0.05, 0) is 43.2 Å². The predicted octanol–water partition coefficient (Wildman–Crippen LogP) is 3.29. The molecule has 0 radical (unpaired) electrons. The van der Waals surface area contributed by atoms with Gasteiger partial charge in [0.15, 0.2) is 0 Å². The van der Waals surface area contributed by atoms with Crippen LogP contribution < -0.4 is 4.90 Å². The largest absolute Gasteiger partial charge is 0.274 e. The third-order valence-electron chi connectivity index (χ3n) is 5.91. The number of rotatable bonds is 2. The van der Waals surface area contributed by atoms with Crippen LogP contribution in [0.1, 0.15) is 23.6 Å². The number of hydrazine groups is 1. The maximum Gasteiger partial charge on any atom is 0.253 e. The molecular weight excluding hydrogens is 406 g/mol. The summed E-state index contributed by atoms with van der Waals surface area (Å²) in [4.78, 5) is 28.1. The smallest absolute Gasteiger partial charge is 0.253 e. The van der Waals surface area contributed by atoms with Crippen molar-refractivity contribution in [2.45, 2.75) is 25.4 Å². The summed E-state index contributed by atoms with van der Waals surface area (Å²) >= 11 is 3.48. The second-order valence-corrected chi connectivity index (χ2v) is 8.41. The normalized spacial score (nSPS) is 28.1. The van der Waals surface area contributed by atoms with Gasteiger partial charge in [-0.3, -0.25) is 9.59 Å². The van der Waals surface area contributed by atoms with Gasteiger partial charge in [0.05, 0.1) is 17.6 Å². The Morgan fingerprint density at radius 2 is 1.48 bits per heavy atom. The quantitative estimate of drug-likeness (QED) is 0.692. The summed E-state index contributed by atoms with van der Waals surface area (Å²) in [6.07, 6.45) is 1.02. The van der Waals surface area contributed by atoms with Gasteiger partial charge in [0.2, 0.25) is 5.91 Å². The van der Waals surface area contributed by atoms with E-state index in [9.17, 15) is 9.59 Å². The van der Waals surface area contributed by atoms with Gasteiger partial charge in [0.25, 0.3) is 5.91 Å². The van der Waals surface area contributed by atoms with E-state index in [1.165, 1.54) is 4.90 Å². The van der Waals surface area contributed by atoms with Crippen LogP contribution in [0.25, 0.3) is 0 Å². The predicted molar refractivity (Wildman–Crippen MR) is 106 cm³/mol. The number of amides is 2. The Morgan fingerprint density at radius 1 is 0.852 bits per heavy atom. The molecule has 0 aromatic heterocycles. The Bertz CT molecular complexity index is 912.